The maximum Gasteiger partial charge on any atom is 0.124 e. The summed E-state index contributed by atoms with van der Waals surface area (Å²) in [6.07, 6.45) is 0. The van der Waals surface area contributed by atoms with Gasteiger partial charge in [-0.25, -0.2) is 0 Å². The molecule has 0 amide bonds. The quantitative estimate of drug-likeness (QED) is 0.722. The van der Waals surface area contributed by atoms with Gasteiger partial charge < -0.3 is 20.3 Å². The molecule has 0 heterocycles. The largest absolute Gasteiger partial charge is 0.497 e. The highest BCUT2D eigenvalue weighted by molar-refractivity contribution is 5.40. The molecule has 1 aromatic carbocycles. The summed E-state index contributed by atoms with van der Waals surface area (Å²) in [6.45, 7) is 0.660. The second kappa shape index (κ2) is 5.47. The van der Waals surface area contributed by atoms with Crippen molar-refractivity contribution in [3.8, 4) is 11.5 Å². The number of hydrogen-bond donors (Lipinski definition) is 2. The van der Waals surface area contributed by atoms with Gasteiger partial charge in [-0.15, -0.1) is 0 Å². The molecule has 0 unspecified atom stereocenters. The number of methoxy groups -OCH3 is 1. The van der Waals surface area contributed by atoms with Crippen LogP contribution in [0.2, 0.25) is 0 Å². The predicted octanol–water partition coefficient (Wildman–Crippen LogP) is 0.525. The molecule has 0 atom stereocenters. The van der Waals surface area contributed by atoms with E-state index in [2.05, 4.69) is 0 Å². The molecular formula is C10H15NO3. The molecule has 1 rings (SSSR count). The van der Waals surface area contributed by atoms with Crippen LogP contribution in [0, 0.1) is 0 Å². The van der Waals surface area contributed by atoms with Crippen LogP contribution < -0.4 is 15.2 Å². The third-order valence-corrected chi connectivity index (χ3v) is 1.84. The van der Waals surface area contributed by atoms with Crippen molar-refractivity contribution < 1.29 is 14.6 Å². The van der Waals surface area contributed by atoms with Gasteiger partial charge in [0.1, 0.15) is 18.1 Å². The number of rotatable bonds is 5. The van der Waals surface area contributed by atoms with E-state index < -0.39 is 0 Å². The van der Waals surface area contributed by atoms with Gasteiger partial charge in [0.05, 0.1) is 13.7 Å². The Balaban J connectivity index is 2.82. The van der Waals surface area contributed by atoms with Crippen LogP contribution in [0.5, 0.6) is 11.5 Å². The molecule has 0 aliphatic heterocycles. The van der Waals surface area contributed by atoms with E-state index in [9.17, 15) is 0 Å². The summed E-state index contributed by atoms with van der Waals surface area (Å²) in [5.41, 5.74) is 6.42. The van der Waals surface area contributed by atoms with Gasteiger partial charge >= 0.3 is 0 Å². The van der Waals surface area contributed by atoms with Gasteiger partial charge in [0.25, 0.3) is 0 Å². The average Bonchev–Trinajstić information content (AvgIpc) is 2.26. The fourth-order valence-corrected chi connectivity index (χ4v) is 1.14. The molecule has 0 bridgehead atoms. The van der Waals surface area contributed by atoms with Crippen molar-refractivity contribution in [2.45, 2.75) is 6.54 Å². The lowest BCUT2D eigenvalue weighted by Crippen LogP contribution is -2.06. The van der Waals surface area contributed by atoms with Crippen molar-refractivity contribution in [2.75, 3.05) is 20.3 Å². The molecule has 78 valence electrons. The SMILES string of the molecule is COc1ccc(OCCO)c(CN)c1. The minimum absolute atomic E-state index is 0.00393. The van der Waals surface area contributed by atoms with E-state index in [0.717, 1.165) is 11.3 Å². The Kier molecular flexibility index (Phi) is 4.22. The molecule has 3 N–H and O–H groups in total. The van der Waals surface area contributed by atoms with E-state index in [1.165, 1.54) is 0 Å². The Hall–Kier alpha value is -1.26. The lowest BCUT2D eigenvalue weighted by molar-refractivity contribution is 0.200. The van der Waals surface area contributed by atoms with Crippen molar-refractivity contribution in [1.29, 1.82) is 0 Å². The van der Waals surface area contributed by atoms with Crippen molar-refractivity contribution in [1.82, 2.24) is 0 Å². The summed E-state index contributed by atoms with van der Waals surface area (Å²) >= 11 is 0. The van der Waals surface area contributed by atoms with Crippen LogP contribution >= 0.6 is 0 Å². The highest BCUT2D eigenvalue weighted by atomic mass is 16.5. The van der Waals surface area contributed by atoms with E-state index in [-0.39, 0.29) is 13.2 Å². The van der Waals surface area contributed by atoms with Crippen LogP contribution in [-0.2, 0) is 6.54 Å². The van der Waals surface area contributed by atoms with Gasteiger partial charge in [0, 0.05) is 12.1 Å². The van der Waals surface area contributed by atoms with E-state index in [1.807, 2.05) is 6.07 Å². The first-order valence-electron chi connectivity index (χ1n) is 4.42. The Labute approximate surface area is 83.3 Å². The third-order valence-electron chi connectivity index (χ3n) is 1.84. The monoisotopic (exact) mass is 197 g/mol. The molecule has 0 aromatic heterocycles. The zero-order valence-corrected chi connectivity index (χ0v) is 8.19. The maximum absolute atomic E-state index is 8.61. The van der Waals surface area contributed by atoms with Crippen molar-refractivity contribution in [3.63, 3.8) is 0 Å². The molecule has 0 fully saturated rings. The van der Waals surface area contributed by atoms with Crippen molar-refractivity contribution >= 4 is 0 Å². The first-order chi connectivity index (χ1) is 6.81. The third kappa shape index (κ3) is 2.61. The van der Waals surface area contributed by atoms with E-state index >= 15 is 0 Å². The number of aliphatic hydroxyl groups excluding tert-OH is 1. The van der Waals surface area contributed by atoms with E-state index in [4.69, 9.17) is 20.3 Å². The average molecular weight is 197 g/mol. The lowest BCUT2D eigenvalue weighted by atomic mass is 10.2. The normalized spacial score (nSPS) is 9.93. The van der Waals surface area contributed by atoms with Crippen LogP contribution in [0.1, 0.15) is 5.56 Å². The first kappa shape index (κ1) is 10.8. The highest BCUT2D eigenvalue weighted by Crippen LogP contribution is 2.23. The number of ether oxygens (including phenoxy) is 2. The van der Waals surface area contributed by atoms with Crippen LogP contribution in [0.25, 0.3) is 0 Å². The molecule has 0 spiro atoms. The molecular weight excluding hydrogens is 182 g/mol. The minimum atomic E-state index is -0.00393. The Morgan fingerprint density at radius 3 is 2.79 bits per heavy atom. The summed E-state index contributed by atoms with van der Waals surface area (Å²) in [6, 6.07) is 5.41. The maximum atomic E-state index is 8.61. The predicted molar refractivity (Wildman–Crippen MR) is 53.5 cm³/mol. The van der Waals surface area contributed by atoms with Gasteiger partial charge in [-0.05, 0) is 18.2 Å². The molecule has 4 heteroatoms. The Morgan fingerprint density at radius 1 is 1.43 bits per heavy atom. The topological polar surface area (TPSA) is 64.7 Å². The lowest BCUT2D eigenvalue weighted by Gasteiger charge is -2.10. The van der Waals surface area contributed by atoms with Crippen molar-refractivity contribution in [3.05, 3.63) is 23.8 Å². The fraction of sp³-hybridized carbons (Fsp3) is 0.400. The Bertz CT molecular complexity index is 289. The van der Waals surface area contributed by atoms with Crippen LogP contribution in [-0.4, -0.2) is 25.4 Å². The van der Waals surface area contributed by atoms with Gasteiger partial charge in [0.15, 0.2) is 0 Å². The smallest absolute Gasteiger partial charge is 0.124 e. The summed E-state index contributed by atoms with van der Waals surface area (Å²) < 4.78 is 10.3. The van der Waals surface area contributed by atoms with Gasteiger partial charge in [-0.3, -0.25) is 0 Å². The molecule has 0 saturated heterocycles. The Morgan fingerprint density at radius 2 is 2.21 bits per heavy atom. The summed E-state index contributed by atoms with van der Waals surface area (Å²) in [5.74, 6) is 1.45. The molecule has 14 heavy (non-hydrogen) atoms. The van der Waals surface area contributed by atoms with Crippen LogP contribution in [0.4, 0.5) is 0 Å². The molecule has 0 aliphatic rings. The zero-order valence-electron chi connectivity index (χ0n) is 8.19. The molecule has 0 aliphatic carbocycles. The number of aliphatic hydroxyl groups is 1. The van der Waals surface area contributed by atoms with Gasteiger partial charge in [-0.1, -0.05) is 0 Å². The van der Waals surface area contributed by atoms with Crippen LogP contribution in [0.3, 0.4) is 0 Å². The summed E-state index contributed by atoms with van der Waals surface area (Å²) in [4.78, 5) is 0. The highest BCUT2D eigenvalue weighted by Gasteiger charge is 2.03. The second-order valence-electron chi connectivity index (χ2n) is 2.75. The van der Waals surface area contributed by atoms with Gasteiger partial charge in [0.2, 0.25) is 0 Å². The molecule has 4 nitrogen and oxygen atoms in total. The summed E-state index contributed by atoms with van der Waals surface area (Å²) in [7, 11) is 1.60. The van der Waals surface area contributed by atoms with E-state index in [1.54, 1.807) is 19.2 Å². The molecule has 1 aromatic rings. The molecule has 0 radical (unpaired) electrons. The van der Waals surface area contributed by atoms with Crippen molar-refractivity contribution in [2.24, 2.45) is 5.73 Å². The minimum Gasteiger partial charge on any atom is -0.497 e. The molecule has 0 saturated carbocycles. The van der Waals surface area contributed by atoms with E-state index in [0.29, 0.717) is 12.3 Å². The van der Waals surface area contributed by atoms with Gasteiger partial charge in [-0.2, -0.15) is 0 Å². The number of nitrogens with two attached hydrogens (primary N) is 1. The fourth-order valence-electron chi connectivity index (χ4n) is 1.14. The number of benzene rings is 1. The summed E-state index contributed by atoms with van der Waals surface area (Å²) in [5, 5.41) is 8.61. The van der Waals surface area contributed by atoms with Crippen LogP contribution in [0.15, 0.2) is 18.2 Å². The first-order valence-corrected chi connectivity index (χ1v) is 4.42. The zero-order chi connectivity index (χ0) is 10.4. The number of hydrogen-bond acceptors (Lipinski definition) is 4. The standard InChI is InChI=1S/C10H15NO3/c1-13-9-2-3-10(14-5-4-12)8(6-9)7-11/h2-3,6,12H,4-5,7,11H2,1H3. The second-order valence-corrected chi connectivity index (χ2v) is 2.75.